The lowest BCUT2D eigenvalue weighted by molar-refractivity contribution is -0.131. The summed E-state index contributed by atoms with van der Waals surface area (Å²) in [6, 6.07) is 9.41. The van der Waals surface area contributed by atoms with Gasteiger partial charge in [-0.2, -0.15) is 8.42 Å². The van der Waals surface area contributed by atoms with Gasteiger partial charge in [0.05, 0.1) is 17.4 Å². The zero-order chi connectivity index (χ0) is 26.8. The van der Waals surface area contributed by atoms with E-state index in [0.29, 0.717) is 19.4 Å². The fourth-order valence-electron chi connectivity index (χ4n) is 5.35. The molecule has 3 aliphatic rings. The summed E-state index contributed by atoms with van der Waals surface area (Å²) in [6.45, 7) is 2.24. The maximum atomic E-state index is 13.5. The van der Waals surface area contributed by atoms with E-state index in [9.17, 15) is 31.1 Å². The van der Waals surface area contributed by atoms with E-state index in [-0.39, 0.29) is 45.9 Å². The minimum Gasteiger partial charge on any atom is -0.511 e. The number of benzene rings is 2. The van der Waals surface area contributed by atoms with Crippen molar-refractivity contribution in [2.24, 2.45) is 9.81 Å². The number of nitrogens with zero attached hydrogens (tertiary/aromatic N) is 2. The molecule has 3 aliphatic heterocycles. The molecule has 0 radical (unpaired) electrons. The largest absolute Gasteiger partial charge is 0.511 e. The first-order valence-electron chi connectivity index (χ1n) is 11.5. The number of fused-ring (bicyclic) bond motifs is 2. The quantitative estimate of drug-likeness (QED) is 0.521. The Morgan fingerprint density at radius 1 is 1.24 bits per heavy atom. The molecule has 0 bridgehead atoms. The highest BCUT2D eigenvalue weighted by molar-refractivity contribution is 7.92. The minimum atomic E-state index is -4.36. The molecule has 3 heterocycles. The van der Waals surface area contributed by atoms with E-state index in [1.54, 1.807) is 24.0 Å². The number of sulfonamides is 2. The third-order valence-electron chi connectivity index (χ3n) is 6.99. The average Bonchev–Trinajstić information content (AvgIpc) is 3.30. The number of aliphatic hydroxyl groups is 1. The smallest absolute Gasteiger partial charge is 0.286 e. The van der Waals surface area contributed by atoms with Crippen LogP contribution in [0.25, 0.3) is 0 Å². The molecule has 196 valence electrons. The number of aliphatic hydroxyl groups excluding tert-OH is 1. The summed E-state index contributed by atoms with van der Waals surface area (Å²) in [4.78, 5) is 14.9. The number of halogens is 1. The molecule has 5 rings (SSSR count). The van der Waals surface area contributed by atoms with E-state index in [1.165, 1.54) is 24.3 Å². The van der Waals surface area contributed by atoms with Crippen molar-refractivity contribution in [1.29, 1.82) is 0 Å². The van der Waals surface area contributed by atoms with Gasteiger partial charge in [-0.25, -0.2) is 12.8 Å². The van der Waals surface area contributed by atoms with Crippen molar-refractivity contribution in [3.8, 4) is 0 Å². The Kier molecular flexibility index (Phi) is 5.83. The van der Waals surface area contributed by atoms with Crippen molar-refractivity contribution < 1.29 is 31.1 Å². The molecule has 0 aliphatic carbocycles. The minimum absolute atomic E-state index is 0.0351. The summed E-state index contributed by atoms with van der Waals surface area (Å²) in [5.41, 5.74) is -0.350. The third-order valence-corrected chi connectivity index (χ3v) is 8.91. The van der Waals surface area contributed by atoms with Crippen LogP contribution in [-0.2, 0) is 31.3 Å². The molecule has 1 saturated heterocycles. The van der Waals surface area contributed by atoms with Crippen LogP contribution >= 0.6 is 0 Å². The van der Waals surface area contributed by atoms with Crippen LogP contribution in [0, 0.1) is 11.2 Å². The highest BCUT2D eigenvalue weighted by Crippen LogP contribution is 2.47. The van der Waals surface area contributed by atoms with Crippen LogP contribution < -0.4 is 10.0 Å². The second-order valence-electron chi connectivity index (χ2n) is 9.73. The summed E-state index contributed by atoms with van der Waals surface area (Å²) in [5.74, 6) is -1.52. The molecule has 2 atom stereocenters. The third kappa shape index (κ3) is 4.46. The Hall–Kier alpha value is -3.45. The van der Waals surface area contributed by atoms with Gasteiger partial charge in [-0.3, -0.25) is 9.52 Å². The maximum absolute atomic E-state index is 13.5. The fraction of sp³-hybridized carbons (Fsp3) is 0.333. The predicted molar refractivity (Wildman–Crippen MR) is 136 cm³/mol. The van der Waals surface area contributed by atoms with Crippen LogP contribution in [0.4, 0.5) is 15.8 Å². The SMILES string of the molecule is CC1(Cc2ccc(F)cc2)C(O)=C(C2=NS(=O)(=O)c3cc(NS(C)(=O)=O)ccc3N2)C(=O)N2CCCC21. The molecule has 0 spiro atoms. The van der Waals surface area contributed by atoms with Gasteiger partial charge in [0, 0.05) is 18.3 Å². The van der Waals surface area contributed by atoms with Gasteiger partial charge in [0.2, 0.25) is 10.0 Å². The Morgan fingerprint density at radius 2 is 1.95 bits per heavy atom. The number of amidine groups is 1. The molecule has 13 heteroatoms. The van der Waals surface area contributed by atoms with Gasteiger partial charge in [0.15, 0.2) is 5.84 Å². The lowest BCUT2D eigenvalue weighted by Crippen LogP contribution is -2.54. The number of hydrogen-bond donors (Lipinski definition) is 3. The van der Waals surface area contributed by atoms with E-state index in [1.807, 2.05) is 0 Å². The summed E-state index contributed by atoms with van der Waals surface area (Å²) < 4.78 is 68.8. The second-order valence-corrected chi connectivity index (χ2v) is 13.0. The first-order valence-corrected chi connectivity index (χ1v) is 14.8. The van der Waals surface area contributed by atoms with Crippen molar-refractivity contribution in [1.82, 2.24) is 4.90 Å². The van der Waals surface area contributed by atoms with Crippen molar-refractivity contribution in [3.05, 3.63) is 65.2 Å². The highest BCUT2D eigenvalue weighted by atomic mass is 32.2. The van der Waals surface area contributed by atoms with E-state index in [0.717, 1.165) is 17.9 Å². The van der Waals surface area contributed by atoms with E-state index < -0.39 is 37.2 Å². The number of amides is 1. The molecular weight excluding hydrogens is 523 g/mol. The fourth-order valence-corrected chi connectivity index (χ4v) is 7.05. The molecule has 37 heavy (non-hydrogen) atoms. The van der Waals surface area contributed by atoms with Gasteiger partial charge in [-0.05, 0) is 55.2 Å². The average molecular weight is 549 g/mol. The van der Waals surface area contributed by atoms with Crippen LogP contribution in [0.15, 0.2) is 63.1 Å². The van der Waals surface area contributed by atoms with Gasteiger partial charge in [-0.1, -0.05) is 19.1 Å². The summed E-state index contributed by atoms with van der Waals surface area (Å²) in [5, 5.41) is 14.4. The van der Waals surface area contributed by atoms with Crippen molar-refractivity contribution in [2.75, 3.05) is 22.8 Å². The Morgan fingerprint density at radius 3 is 2.62 bits per heavy atom. The monoisotopic (exact) mass is 548 g/mol. The molecule has 0 saturated carbocycles. The Labute approximate surface area is 214 Å². The van der Waals surface area contributed by atoms with Gasteiger partial charge in [0.25, 0.3) is 15.9 Å². The normalized spacial score (nSPS) is 24.7. The van der Waals surface area contributed by atoms with E-state index >= 15 is 0 Å². The number of nitrogens with one attached hydrogen (secondary N) is 2. The van der Waals surface area contributed by atoms with Crippen LogP contribution in [0.2, 0.25) is 0 Å². The Balaban J connectivity index is 1.59. The van der Waals surface area contributed by atoms with Crippen molar-refractivity contribution in [2.45, 2.75) is 37.1 Å². The van der Waals surface area contributed by atoms with Crippen molar-refractivity contribution in [3.63, 3.8) is 0 Å². The molecule has 2 aromatic carbocycles. The molecule has 1 amide bonds. The Bertz CT molecular complexity index is 1590. The van der Waals surface area contributed by atoms with Gasteiger partial charge in [-0.15, -0.1) is 4.40 Å². The van der Waals surface area contributed by atoms with Crippen LogP contribution in [0.5, 0.6) is 0 Å². The van der Waals surface area contributed by atoms with E-state index in [4.69, 9.17) is 0 Å². The lowest BCUT2D eigenvalue weighted by atomic mass is 9.70. The summed E-state index contributed by atoms with van der Waals surface area (Å²) >= 11 is 0. The summed E-state index contributed by atoms with van der Waals surface area (Å²) in [6.07, 6.45) is 2.59. The molecule has 0 aromatic heterocycles. The van der Waals surface area contributed by atoms with E-state index in [2.05, 4.69) is 14.4 Å². The first kappa shape index (κ1) is 25.2. The van der Waals surface area contributed by atoms with Crippen LogP contribution in [0.3, 0.4) is 0 Å². The first-order chi connectivity index (χ1) is 17.3. The molecule has 3 N–H and O–H groups in total. The van der Waals surface area contributed by atoms with Gasteiger partial charge in [0.1, 0.15) is 22.0 Å². The standard InChI is InChI=1S/C24H25FN4O6S2/c1-24(13-14-5-7-15(25)8-6-14)19-4-3-11-29(19)23(31)20(21(24)30)22-26-17-10-9-16(27-36(2,32)33)12-18(17)37(34,35)28-22/h5-10,12,19,27,30H,3-4,11,13H2,1-2H3,(H,26,28). The zero-order valence-corrected chi connectivity index (χ0v) is 21.7. The van der Waals surface area contributed by atoms with Gasteiger partial charge < -0.3 is 15.3 Å². The maximum Gasteiger partial charge on any atom is 0.286 e. The predicted octanol–water partition coefficient (Wildman–Crippen LogP) is 2.78. The molecule has 2 unspecified atom stereocenters. The number of hydrogen-bond acceptors (Lipinski definition) is 7. The second kappa shape index (κ2) is 8.55. The zero-order valence-electron chi connectivity index (χ0n) is 20.0. The molecule has 10 nitrogen and oxygen atoms in total. The number of rotatable bonds is 5. The molecular formula is C24H25FN4O6S2. The summed E-state index contributed by atoms with van der Waals surface area (Å²) in [7, 11) is -8.00. The number of anilines is 2. The number of carbonyl (C=O) groups is 1. The van der Waals surface area contributed by atoms with Crippen LogP contribution in [-0.4, -0.2) is 57.4 Å². The van der Waals surface area contributed by atoms with Gasteiger partial charge >= 0.3 is 0 Å². The lowest BCUT2D eigenvalue weighted by Gasteiger charge is -2.45. The van der Waals surface area contributed by atoms with Crippen molar-refractivity contribution >= 4 is 43.2 Å². The molecule has 1 fully saturated rings. The highest BCUT2D eigenvalue weighted by Gasteiger charge is 2.53. The molecule has 2 aromatic rings. The van der Waals surface area contributed by atoms with Crippen LogP contribution in [0.1, 0.15) is 25.3 Å². The topological polar surface area (TPSA) is 145 Å². The number of carbonyl (C=O) groups excluding carboxylic acids is 1.